The van der Waals surface area contributed by atoms with Crippen LogP contribution in [0.5, 0.6) is 0 Å². The predicted octanol–water partition coefficient (Wildman–Crippen LogP) is 4.05. The zero-order valence-corrected chi connectivity index (χ0v) is 14.8. The van der Waals surface area contributed by atoms with Gasteiger partial charge in [0.25, 0.3) is 0 Å². The molecule has 2 aliphatic rings. The van der Waals surface area contributed by atoms with Gasteiger partial charge in [0.05, 0.1) is 0 Å². The van der Waals surface area contributed by atoms with Gasteiger partial charge in [-0.2, -0.15) is 0 Å². The fourth-order valence-electron chi connectivity index (χ4n) is 3.62. The first-order valence-corrected chi connectivity index (χ1v) is 9.13. The van der Waals surface area contributed by atoms with E-state index in [1.807, 2.05) is 0 Å². The molecule has 1 saturated heterocycles. The van der Waals surface area contributed by atoms with Crippen LogP contribution in [0.15, 0.2) is 28.7 Å². The molecule has 21 heavy (non-hydrogen) atoms. The molecule has 1 aromatic carbocycles. The molecule has 0 bridgehead atoms. The number of nitrogens with one attached hydrogen (secondary N) is 1. The Hall–Kier alpha value is -0.380. The fraction of sp³-hybridized carbons (Fsp3) is 0.667. The Morgan fingerprint density at radius 1 is 1.33 bits per heavy atom. The zero-order valence-electron chi connectivity index (χ0n) is 13.2. The molecule has 1 aliphatic carbocycles. The molecular weight excluding hydrogens is 324 g/mol. The van der Waals surface area contributed by atoms with Crippen molar-refractivity contribution in [3.8, 4) is 0 Å². The first-order valence-electron chi connectivity index (χ1n) is 8.33. The predicted molar refractivity (Wildman–Crippen MR) is 92.3 cm³/mol. The third-order valence-electron chi connectivity index (χ3n) is 4.74. The minimum absolute atomic E-state index is 0.659. The van der Waals surface area contributed by atoms with Gasteiger partial charge in [-0.15, -0.1) is 0 Å². The van der Waals surface area contributed by atoms with E-state index in [9.17, 15) is 0 Å². The molecule has 2 unspecified atom stereocenters. The van der Waals surface area contributed by atoms with Gasteiger partial charge in [0.1, 0.15) is 0 Å². The van der Waals surface area contributed by atoms with Crippen molar-refractivity contribution in [3.63, 3.8) is 0 Å². The zero-order chi connectivity index (χ0) is 14.8. The molecule has 2 fully saturated rings. The summed E-state index contributed by atoms with van der Waals surface area (Å²) in [5.41, 5.74) is 1.43. The van der Waals surface area contributed by atoms with Crippen molar-refractivity contribution in [1.29, 1.82) is 0 Å². The minimum atomic E-state index is 0.659. The molecule has 1 aromatic rings. The molecule has 116 valence electrons. The van der Waals surface area contributed by atoms with Crippen LogP contribution in [0.2, 0.25) is 0 Å². The Balaban J connectivity index is 1.68. The maximum atomic E-state index is 3.80. The SMILES string of the molecule is CC(C)CC1CN(Cc2cccc(Br)c2)C(C2CC2)CN1. The van der Waals surface area contributed by atoms with Crippen LogP contribution in [0.1, 0.15) is 38.7 Å². The summed E-state index contributed by atoms with van der Waals surface area (Å²) in [7, 11) is 0. The van der Waals surface area contributed by atoms with Gasteiger partial charge in [-0.3, -0.25) is 4.90 Å². The van der Waals surface area contributed by atoms with E-state index in [1.165, 1.54) is 42.4 Å². The summed E-state index contributed by atoms with van der Waals surface area (Å²) in [5, 5.41) is 3.80. The summed E-state index contributed by atoms with van der Waals surface area (Å²) in [6.07, 6.45) is 4.14. The van der Waals surface area contributed by atoms with E-state index >= 15 is 0 Å². The number of benzene rings is 1. The highest BCUT2D eigenvalue weighted by molar-refractivity contribution is 9.10. The second-order valence-electron chi connectivity index (χ2n) is 7.20. The number of hydrogen-bond donors (Lipinski definition) is 1. The number of rotatable bonds is 5. The Kier molecular flexibility index (Phi) is 5.03. The van der Waals surface area contributed by atoms with Crippen LogP contribution in [0.3, 0.4) is 0 Å². The highest BCUT2D eigenvalue weighted by Crippen LogP contribution is 2.37. The highest BCUT2D eigenvalue weighted by Gasteiger charge is 2.38. The molecule has 3 heteroatoms. The molecule has 2 nitrogen and oxygen atoms in total. The standard InChI is InChI=1S/C18H27BrN2/c1-13(2)8-17-12-21(18(10-20-17)15-6-7-15)11-14-4-3-5-16(19)9-14/h3-5,9,13,15,17-18,20H,6-8,10-12H2,1-2H3. The van der Waals surface area contributed by atoms with Gasteiger partial charge in [-0.1, -0.05) is 41.9 Å². The summed E-state index contributed by atoms with van der Waals surface area (Å²) in [6.45, 7) is 8.12. The lowest BCUT2D eigenvalue weighted by molar-refractivity contribution is 0.100. The molecule has 0 radical (unpaired) electrons. The Labute approximate surface area is 137 Å². The van der Waals surface area contributed by atoms with Gasteiger partial charge >= 0.3 is 0 Å². The van der Waals surface area contributed by atoms with Crippen molar-refractivity contribution < 1.29 is 0 Å². The van der Waals surface area contributed by atoms with Crippen LogP contribution in [0, 0.1) is 11.8 Å². The number of hydrogen-bond acceptors (Lipinski definition) is 2. The van der Waals surface area contributed by atoms with Crippen LogP contribution < -0.4 is 5.32 Å². The average molecular weight is 351 g/mol. The topological polar surface area (TPSA) is 15.3 Å². The normalized spacial score (nSPS) is 27.2. The largest absolute Gasteiger partial charge is 0.311 e. The van der Waals surface area contributed by atoms with Crippen LogP contribution >= 0.6 is 15.9 Å². The Bertz CT molecular complexity index is 470. The van der Waals surface area contributed by atoms with Crippen molar-refractivity contribution in [2.24, 2.45) is 11.8 Å². The van der Waals surface area contributed by atoms with Crippen molar-refractivity contribution in [1.82, 2.24) is 10.2 Å². The van der Waals surface area contributed by atoms with Crippen LogP contribution in [-0.4, -0.2) is 30.1 Å². The third-order valence-corrected chi connectivity index (χ3v) is 5.23. The van der Waals surface area contributed by atoms with Gasteiger partial charge in [0.2, 0.25) is 0 Å². The minimum Gasteiger partial charge on any atom is -0.311 e. The molecule has 0 amide bonds. The van der Waals surface area contributed by atoms with E-state index in [2.05, 4.69) is 64.3 Å². The van der Waals surface area contributed by atoms with Crippen LogP contribution in [-0.2, 0) is 6.54 Å². The molecular formula is C18H27BrN2. The summed E-state index contributed by atoms with van der Waals surface area (Å²) in [4.78, 5) is 2.74. The second-order valence-corrected chi connectivity index (χ2v) is 8.11. The summed E-state index contributed by atoms with van der Waals surface area (Å²) in [6, 6.07) is 10.2. The van der Waals surface area contributed by atoms with Crippen LogP contribution in [0.25, 0.3) is 0 Å². The lowest BCUT2D eigenvalue weighted by atomic mass is 9.97. The van der Waals surface area contributed by atoms with Gasteiger partial charge < -0.3 is 5.32 Å². The summed E-state index contributed by atoms with van der Waals surface area (Å²) in [5.74, 6) is 1.71. The van der Waals surface area contributed by atoms with Gasteiger partial charge in [0.15, 0.2) is 0 Å². The van der Waals surface area contributed by atoms with Crippen molar-refractivity contribution in [2.75, 3.05) is 13.1 Å². The smallest absolute Gasteiger partial charge is 0.0253 e. The van der Waals surface area contributed by atoms with Crippen molar-refractivity contribution in [3.05, 3.63) is 34.3 Å². The Morgan fingerprint density at radius 3 is 2.81 bits per heavy atom. The Morgan fingerprint density at radius 2 is 2.14 bits per heavy atom. The van der Waals surface area contributed by atoms with E-state index in [4.69, 9.17) is 0 Å². The van der Waals surface area contributed by atoms with E-state index in [-0.39, 0.29) is 0 Å². The monoisotopic (exact) mass is 350 g/mol. The number of piperazine rings is 1. The van der Waals surface area contributed by atoms with Gasteiger partial charge in [-0.05, 0) is 48.8 Å². The molecule has 0 aromatic heterocycles. The molecule has 3 rings (SSSR count). The maximum Gasteiger partial charge on any atom is 0.0253 e. The lowest BCUT2D eigenvalue weighted by Crippen LogP contribution is -2.57. The van der Waals surface area contributed by atoms with Crippen LogP contribution in [0.4, 0.5) is 0 Å². The molecule has 0 spiro atoms. The molecule has 2 atom stereocenters. The fourth-order valence-corrected chi connectivity index (χ4v) is 4.07. The molecule has 1 saturated carbocycles. The highest BCUT2D eigenvalue weighted by atomic mass is 79.9. The van der Waals surface area contributed by atoms with E-state index in [1.54, 1.807) is 0 Å². The second kappa shape index (κ2) is 6.80. The first kappa shape index (κ1) is 15.5. The first-order chi connectivity index (χ1) is 10.1. The molecule has 1 heterocycles. The number of halogens is 1. The maximum absolute atomic E-state index is 3.80. The summed E-state index contributed by atoms with van der Waals surface area (Å²) < 4.78 is 1.19. The van der Waals surface area contributed by atoms with Crippen molar-refractivity contribution in [2.45, 2.75) is 51.7 Å². The summed E-state index contributed by atoms with van der Waals surface area (Å²) >= 11 is 3.60. The number of nitrogens with zero attached hydrogens (tertiary/aromatic N) is 1. The van der Waals surface area contributed by atoms with E-state index in [0.29, 0.717) is 6.04 Å². The van der Waals surface area contributed by atoms with E-state index < -0.39 is 0 Å². The van der Waals surface area contributed by atoms with Gasteiger partial charge in [-0.25, -0.2) is 0 Å². The third kappa shape index (κ3) is 4.30. The molecule has 1 aliphatic heterocycles. The average Bonchev–Trinajstić information content (AvgIpc) is 3.22. The lowest BCUT2D eigenvalue weighted by Gasteiger charge is -2.41. The quantitative estimate of drug-likeness (QED) is 0.861. The van der Waals surface area contributed by atoms with E-state index in [0.717, 1.165) is 24.4 Å². The van der Waals surface area contributed by atoms with Gasteiger partial charge in [0, 0.05) is 36.2 Å². The van der Waals surface area contributed by atoms with Crippen molar-refractivity contribution >= 4 is 15.9 Å². The molecule has 1 N–H and O–H groups in total.